The predicted molar refractivity (Wildman–Crippen MR) is 58.5 cm³/mol. The average Bonchev–Trinajstić information content (AvgIpc) is 2.11. The topological polar surface area (TPSA) is 35.2 Å². The number of nitrogens with two attached hydrogens (primary N) is 1. The summed E-state index contributed by atoms with van der Waals surface area (Å²) in [5.41, 5.74) is 6.61. The molecule has 0 amide bonds. The monoisotopic (exact) mass is 198 g/mol. The van der Waals surface area contributed by atoms with Crippen molar-refractivity contribution in [3.63, 3.8) is 0 Å². The van der Waals surface area contributed by atoms with E-state index in [1.165, 1.54) is 14.6 Å². The fraction of sp³-hybridized carbons (Fsp3) is 0.600. The van der Waals surface area contributed by atoms with Crippen LogP contribution in [0.25, 0.3) is 0 Å². The Morgan fingerprint density at radius 3 is 2.57 bits per heavy atom. The summed E-state index contributed by atoms with van der Waals surface area (Å²) >= 11 is 0. The van der Waals surface area contributed by atoms with E-state index in [1.807, 2.05) is 26.8 Å². The van der Waals surface area contributed by atoms with Gasteiger partial charge in [-0.1, -0.05) is 19.9 Å². The molecule has 4 heteroatoms. The summed E-state index contributed by atoms with van der Waals surface area (Å²) in [5.74, 6) is 0.0222. The van der Waals surface area contributed by atoms with Crippen LogP contribution in [0, 0.1) is 5.92 Å². The molecule has 0 bridgehead atoms. The largest absolute Gasteiger partial charge is 0.443 e. The van der Waals surface area contributed by atoms with Gasteiger partial charge in [-0.25, -0.2) is 4.39 Å². The normalized spacial score (nSPS) is 14.3. The number of hydrogen-bond donors (Lipinski definition) is 1. The van der Waals surface area contributed by atoms with Gasteiger partial charge in [0.15, 0.2) is 0 Å². The zero-order valence-electron chi connectivity index (χ0n) is 9.30. The Bertz CT molecular complexity index is 236. The van der Waals surface area contributed by atoms with Gasteiger partial charge in [-0.15, -0.1) is 0 Å². The molecule has 2 N–H and O–H groups in total. The molecule has 0 fully saturated rings. The van der Waals surface area contributed by atoms with Gasteiger partial charge in [-0.3, -0.25) is 0 Å². The van der Waals surface area contributed by atoms with Crippen LogP contribution in [0.1, 0.15) is 20.8 Å². The molecule has 0 aliphatic heterocycles. The van der Waals surface area contributed by atoms with Crippen LogP contribution in [-0.4, -0.2) is 14.6 Å². The van der Waals surface area contributed by atoms with Gasteiger partial charge in [0.2, 0.25) is 0 Å². The molecule has 0 aromatic heterocycles. The molecule has 0 aliphatic carbocycles. The van der Waals surface area contributed by atoms with Crippen molar-refractivity contribution in [3.8, 4) is 0 Å². The van der Waals surface area contributed by atoms with E-state index in [4.69, 9.17) is 5.73 Å². The Hall–Kier alpha value is -0.765. The molecule has 1 radical (unpaired) electrons. The van der Waals surface area contributed by atoms with Crippen LogP contribution in [-0.2, 0) is 4.65 Å². The first-order valence-corrected chi connectivity index (χ1v) is 4.66. The van der Waals surface area contributed by atoms with Crippen LogP contribution >= 0.6 is 0 Å². The molecular weight excluding hydrogens is 180 g/mol. The van der Waals surface area contributed by atoms with Crippen LogP contribution < -0.4 is 5.73 Å². The summed E-state index contributed by atoms with van der Waals surface area (Å²) in [4.78, 5) is 0. The van der Waals surface area contributed by atoms with Crippen molar-refractivity contribution in [1.29, 1.82) is 0 Å². The Morgan fingerprint density at radius 2 is 2.14 bits per heavy atom. The van der Waals surface area contributed by atoms with Crippen LogP contribution in [0.3, 0.4) is 0 Å². The van der Waals surface area contributed by atoms with Crippen LogP contribution in [0.5, 0.6) is 0 Å². The third-order valence-corrected chi connectivity index (χ3v) is 1.73. The molecule has 0 rings (SSSR count). The second-order valence-corrected chi connectivity index (χ2v) is 3.52. The first-order valence-electron chi connectivity index (χ1n) is 4.66. The standard InChI is InChI=1S/C10H18BFNO/c1-7(2)5-8(3)10(13)9(12)6-11-14-4/h5,7H,6,13H2,1-4H3/b8-5-,10-9-. The lowest BCUT2D eigenvalue weighted by Gasteiger charge is -2.05. The second-order valence-electron chi connectivity index (χ2n) is 3.52. The third kappa shape index (κ3) is 5.07. The molecule has 0 atom stereocenters. The van der Waals surface area contributed by atoms with Crippen LogP contribution in [0.2, 0.25) is 6.32 Å². The van der Waals surface area contributed by atoms with Gasteiger partial charge in [-0.2, -0.15) is 0 Å². The van der Waals surface area contributed by atoms with E-state index in [9.17, 15) is 4.39 Å². The highest BCUT2D eigenvalue weighted by atomic mass is 19.1. The zero-order valence-corrected chi connectivity index (χ0v) is 9.30. The Morgan fingerprint density at radius 1 is 1.57 bits per heavy atom. The highest BCUT2D eigenvalue weighted by Gasteiger charge is 2.05. The maximum absolute atomic E-state index is 13.3. The number of halogens is 1. The Balaban J connectivity index is 4.47. The van der Waals surface area contributed by atoms with Crippen molar-refractivity contribution in [1.82, 2.24) is 0 Å². The van der Waals surface area contributed by atoms with E-state index in [1.54, 1.807) is 0 Å². The van der Waals surface area contributed by atoms with E-state index in [0.29, 0.717) is 5.92 Å². The van der Waals surface area contributed by atoms with E-state index in [2.05, 4.69) is 4.65 Å². The van der Waals surface area contributed by atoms with Crippen molar-refractivity contribution in [3.05, 3.63) is 23.2 Å². The van der Waals surface area contributed by atoms with Gasteiger partial charge in [0.05, 0.1) is 5.70 Å². The van der Waals surface area contributed by atoms with Crippen molar-refractivity contribution >= 4 is 7.48 Å². The lowest BCUT2D eigenvalue weighted by atomic mass is 9.92. The fourth-order valence-electron chi connectivity index (χ4n) is 1.07. The molecule has 0 saturated heterocycles. The highest BCUT2D eigenvalue weighted by molar-refractivity contribution is 6.28. The van der Waals surface area contributed by atoms with Crippen molar-refractivity contribution < 1.29 is 9.04 Å². The molecule has 0 aromatic rings. The van der Waals surface area contributed by atoms with Gasteiger partial charge in [0.25, 0.3) is 7.48 Å². The molecule has 0 aliphatic rings. The maximum atomic E-state index is 13.3. The molecule has 79 valence electrons. The molecule has 0 aromatic carbocycles. The number of allylic oxidation sites excluding steroid dienone is 3. The van der Waals surface area contributed by atoms with E-state index < -0.39 is 0 Å². The average molecular weight is 198 g/mol. The summed E-state index contributed by atoms with van der Waals surface area (Å²) in [6.45, 7) is 5.85. The predicted octanol–water partition coefficient (Wildman–Crippen LogP) is 2.41. The van der Waals surface area contributed by atoms with Gasteiger partial charge < -0.3 is 10.4 Å². The molecule has 14 heavy (non-hydrogen) atoms. The summed E-state index contributed by atoms with van der Waals surface area (Å²) in [5, 5.41) is 0. The SMILES string of the molecule is CO[B]C/C(F)=C(N)\C(C)=C/C(C)C. The van der Waals surface area contributed by atoms with Gasteiger partial charge in [0, 0.05) is 13.4 Å². The first-order chi connectivity index (χ1) is 6.49. The molecular formula is C10H18BFNO. The minimum atomic E-state index is -0.346. The Kier molecular flexibility index (Phi) is 6.29. The highest BCUT2D eigenvalue weighted by Crippen LogP contribution is 2.15. The van der Waals surface area contributed by atoms with E-state index in [0.717, 1.165) is 5.57 Å². The molecule has 0 unspecified atom stereocenters. The minimum absolute atomic E-state index is 0.117. The summed E-state index contributed by atoms with van der Waals surface area (Å²) in [6, 6.07) is 0. The molecule has 0 saturated carbocycles. The maximum Gasteiger partial charge on any atom is 0.299 e. The van der Waals surface area contributed by atoms with E-state index >= 15 is 0 Å². The van der Waals surface area contributed by atoms with Gasteiger partial charge >= 0.3 is 0 Å². The van der Waals surface area contributed by atoms with Crippen LogP contribution in [0.15, 0.2) is 23.2 Å². The zero-order chi connectivity index (χ0) is 11.1. The smallest absolute Gasteiger partial charge is 0.299 e. The minimum Gasteiger partial charge on any atom is -0.443 e. The second kappa shape index (κ2) is 6.65. The van der Waals surface area contributed by atoms with Gasteiger partial charge in [0.1, 0.15) is 5.83 Å². The van der Waals surface area contributed by atoms with Crippen molar-refractivity contribution in [2.75, 3.05) is 7.11 Å². The first kappa shape index (κ1) is 13.2. The van der Waals surface area contributed by atoms with Crippen molar-refractivity contribution in [2.45, 2.75) is 27.1 Å². The summed E-state index contributed by atoms with van der Waals surface area (Å²) in [6.07, 6.45) is 2.05. The lowest BCUT2D eigenvalue weighted by Crippen LogP contribution is -2.05. The summed E-state index contributed by atoms with van der Waals surface area (Å²) in [7, 11) is 2.87. The van der Waals surface area contributed by atoms with Gasteiger partial charge in [-0.05, 0) is 18.4 Å². The summed E-state index contributed by atoms with van der Waals surface area (Å²) < 4.78 is 17.9. The number of hydrogen-bond acceptors (Lipinski definition) is 2. The third-order valence-electron chi connectivity index (χ3n) is 1.73. The van der Waals surface area contributed by atoms with Crippen molar-refractivity contribution in [2.24, 2.45) is 11.7 Å². The van der Waals surface area contributed by atoms with Crippen LogP contribution in [0.4, 0.5) is 4.39 Å². The number of rotatable bonds is 5. The quantitative estimate of drug-likeness (QED) is 0.543. The molecule has 0 spiro atoms. The molecule has 0 heterocycles. The Labute approximate surface area is 86.3 Å². The fourth-order valence-corrected chi connectivity index (χ4v) is 1.07. The van der Waals surface area contributed by atoms with E-state index in [-0.39, 0.29) is 17.8 Å². The molecule has 2 nitrogen and oxygen atoms in total. The lowest BCUT2D eigenvalue weighted by molar-refractivity contribution is 0.438.